The Labute approximate surface area is 129 Å². The zero-order chi connectivity index (χ0) is 15.7. The van der Waals surface area contributed by atoms with Crippen molar-refractivity contribution >= 4 is 27.3 Å². The monoisotopic (exact) mass is 316 g/mol. The van der Waals surface area contributed by atoms with Gasteiger partial charge in [-0.1, -0.05) is 18.2 Å². The van der Waals surface area contributed by atoms with Crippen molar-refractivity contribution in [3.63, 3.8) is 0 Å². The lowest BCUT2D eigenvalue weighted by Gasteiger charge is -2.23. The average Bonchev–Trinajstić information content (AvgIpc) is 2.88. The molecule has 0 unspecified atom stereocenters. The van der Waals surface area contributed by atoms with Crippen LogP contribution in [0.4, 0.5) is 11.4 Å². The summed E-state index contributed by atoms with van der Waals surface area (Å²) in [6.45, 7) is 2.13. The molecular formula is C16H16N2O3S. The van der Waals surface area contributed by atoms with Crippen LogP contribution in [0.1, 0.15) is 12.5 Å². The van der Waals surface area contributed by atoms with Crippen molar-refractivity contribution in [3.8, 4) is 0 Å². The van der Waals surface area contributed by atoms with E-state index < -0.39 is 10.0 Å². The molecule has 1 aliphatic rings. The second-order valence-corrected chi connectivity index (χ2v) is 6.91. The molecule has 1 heterocycles. The molecule has 22 heavy (non-hydrogen) atoms. The molecule has 0 aromatic heterocycles. The maximum absolute atomic E-state index is 12.9. The van der Waals surface area contributed by atoms with Gasteiger partial charge >= 0.3 is 0 Å². The third kappa shape index (κ3) is 2.46. The van der Waals surface area contributed by atoms with E-state index in [2.05, 4.69) is 5.32 Å². The molecule has 6 heteroatoms. The molecule has 114 valence electrons. The van der Waals surface area contributed by atoms with Crippen LogP contribution in [-0.2, 0) is 21.2 Å². The Morgan fingerprint density at radius 3 is 2.55 bits per heavy atom. The molecule has 0 saturated heterocycles. The van der Waals surface area contributed by atoms with Gasteiger partial charge < -0.3 is 5.32 Å². The van der Waals surface area contributed by atoms with E-state index in [1.165, 1.54) is 10.4 Å². The molecule has 0 fully saturated rings. The highest BCUT2D eigenvalue weighted by Gasteiger charge is 2.26. The third-order valence-corrected chi connectivity index (χ3v) is 5.52. The van der Waals surface area contributed by atoms with E-state index in [1.807, 2.05) is 6.07 Å². The molecule has 3 rings (SSSR count). The van der Waals surface area contributed by atoms with Crippen molar-refractivity contribution < 1.29 is 13.2 Å². The van der Waals surface area contributed by atoms with Crippen molar-refractivity contribution in [1.29, 1.82) is 0 Å². The molecule has 0 spiro atoms. The van der Waals surface area contributed by atoms with Gasteiger partial charge in [-0.3, -0.25) is 9.10 Å². The van der Waals surface area contributed by atoms with Crippen LogP contribution in [0.15, 0.2) is 53.4 Å². The number of sulfonamides is 1. The van der Waals surface area contributed by atoms with E-state index in [1.54, 1.807) is 43.3 Å². The number of para-hydroxylation sites is 1. The number of rotatable bonds is 4. The SMILES string of the molecule is CCN(c1ccccc1)S(=O)(=O)c1ccc2c(c1)CC(=O)N2. The number of fused-ring (bicyclic) bond motifs is 1. The number of benzene rings is 2. The number of amides is 1. The smallest absolute Gasteiger partial charge is 0.264 e. The van der Waals surface area contributed by atoms with Gasteiger partial charge in [-0.05, 0) is 42.8 Å². The highest BCUT2D eigenvalue weighted by atomic mass is 32.2. The summed E-state index contributed by atoms with van der Waals surface area (Å²) in [6.07, 6.45) is 0.218. The van der Waals surface area contributed by atoms with Gasteiger partial charge in [0.1, 0.15) is 0 Å². The van der Waals surface area contributed by atoms with E-state index >= 15 is 0 Å². The maximum atomic E-state index is 12.9. The van der Waals surface area contributed by atoms with Crippen LogP contribution in [0.3, 0.4) is 0 Å². The first-order valence-corrected chi connectivity index (χ1v) is 8.47. The molecular weight excluding hydrogens is 300 g/mol. The van der Waals surface area contributed by atoms with Crippen LogP contribution in [0, 0.1) is 0 Å². The van der Waals surface area contributed by atoms with Gasteiger partial charge in [-0.25, -0.2) is 8.42 Å². The van der Waals surface area contributed by atoms with E-state index in [0.29, 0.717) is 17.9 Å². The predicted molar refractivity (Wildman–Crippen MR) is 85.4 cm³/mol. The molecule has 0 bridgehead atoms. The first kappa shape index (κ1) is 14.6. The zero-order valence-electron chi connectivity index (χ0n) is 12.1. The minimum Gasteiger partial charge on any atom is -0.326 e. The Hall–Kier alpha value is -2.34. The largest absolute Gasteiger partial charge is 0.326 e. The molecule has 0 saturated carbocycles. The number of hydrogen-bond donors (Lipinski definition) is 1. The van der Waals surface area contributed by atoms with Crippen molar-refractivity contribution in [2.75, 3.05) is 16.2 Å². The van der Waals surface area contributed by atoms with Crippen molar-refractivity contribution in [1.82, 2.24) is 0 Å². The molecule has 1 aliphatic heterocycles. The predicted octanol–water partition coefficient (Wildman–Crippen LogP) is 2.40. The standard InChI is InChI=1S/C16H16N2O3S/c1-2-18(13-6-4-3-5-7-13)22(20,21)14-8-9-15-12(10-14)11-16(19)17-15/h3-10H,2,11H2,1H3,(H,17,19). The maximum Gasteiger partial charge on any atom is 0.264 e. The van der Waals surface area contributed by atoms with Crippen LogP contribution in [0.25, 0.3) is 0 Å². The molecule has 1 N–H and O–H groups in total. The van der Waals surface area contributed by atoms with Gasteiger partial charge in [0.15, 0.2) is 0 Å². The molecule has 0 radical (unpaired) electrons. The lowest BCUT2D eigenvalue weighted by Crippen LogP contribution is -2.30. The van der Waals surface area contributed by atoms with Crippen LogP contribution in [-0.4, -0.2) is 20.9 Å². The number of carbonyl (C=O) groups excluding carboxylic acids is 1. The van der Waals surface area contributed by atoms with Gasteiger partial charge in [0, 0.05) is 12.2 Å². The van der Waals surface area contributed by atoms with Crippen LogP contribution in [0.5, 0.6) is 0 Å². The lowest BCUT2D eigenvalue weighted by molar-refractivity contribution is -0.115. The number of hydrogen-bond acceptors (Lipinski definition) is 3. The van der Waals surface area contributed by atoms with Crippen molar-refractivity contribution in [2.45, 2.75) is 18.2 Å². The summed E-state index contributed by atoms with van der Waals surface area (Å²) in [5, 5.41) is 2.70. The van der Waals surface area contributed by atoms with Gasteiger partial charge in [0.05, 0.1) is 17.0 Å². The molecule has 1 amide bonds. The fourth-order valence-electron chi connectivity index (χ4n) is 2.58. The van der Waals surface area contributed by atoms with Crippen LogP contribution < -0.4 is 9.62 Å². The Morgan fingerprint density at radius 1 is 1.14 bits per heavy atom. The average molecular weight is 316 g/mol. The highest BCUT2D eigenvalue weighted by molar-refractivity contribution is 7.92. The van der Waals surface area contributed by atoms with Gasteiger partial charge in [0.25, 0.3) is 10.0 Å². The first-order chi connectivity index (χ1) is 10.5. The topological polar surface area (TPSA) is 66.5 Å². The summed E-state index contributed by atoms with van der Waals surface area (Å²) >= 11 is 0. The van der Waals surface area contributed by atoms with Crippen LogP contribution in [0.2, 0.25) is 0 Å². The Kier molecular flexibility index (Phi) is 3.62. The van der Waals surface area contributed by atoms with Gasteiger partial charge in [-0.15, -0.1) is 0 Å². The Bertz CT molecular complexity index is 817. The summed E-state index contributed by atoms with van der Waals surface area (Å²) in [5.74, 6) is -0.111. The molecule has 5 nitrogen and oxygen atoms in total. The first-order valence-electron chi connectivity index (χ1n) is 7.03. The number of carbonyl (C=O) groups is 1. The number of anilines is 2. The van der Waals surface area contributed by atoms with Gasteiger partial charge in [-0.2, -0.15) is 0 Å². The summed E-state index contributed by atoms with van der Waals surface area (Å²) in [6, 6.07) is 13.7. The lowest BCUT2D eigenvalue weighted by atomic mass is 10.2. The summed E-state index contributed by atoms with van der Waals surface area (Å²) < 4.78 is 27.1. The Balaban J connectivity index is 2.03. The third-order valence-electron chi connectivity index (χ3n) is 3.62. The summed E-state index contributed by atoms with van der Waals surface area (Å²) in [4.78, 5) is 11.6. The fourth-order valence-corrected chi connectivity index (χ4v) is 4.10. The quantitative estimate of drug-likeness (QED) is 0.942. The highest BCUT2D eigenvalue weighted by Crippen LogP contribution is 2.29. The minimum atomic E-state index is -3.65. The van der Waals surface area contributed by atoms with E-state index in [0.717, 1.165) is 5.56 Å². The van der Waals surface area contributed by atoms with E-state index in [9.17, 15) is 13.2 Å². The number of nitrogens with one attached hydrogen (secondary N) is 1. The van der Waals surface area contributed by atoms with E-state index in [-0.39, 0.29) is 17.2 Å². The van der Waals surface area contributed by atoms with E-state index in [4.69, 9.17) is 0 Å². The second kappa shape index (κ2) is 5.46. The van der Waals surface area contributed by atoms with Gasteiger partial charge in [0.2, 0.25) is 5.91 Å². The molecule has 0 atom stereocenters. The molecule has 0 aliphatic carbocycles. The minimum absolute atomic E-state index is 0.111. The summed E-state index contributed by atoms with van der Waals surface area (Å²) in [5.41, 5.74) is 2.03. The Morgan fingerprint density at radius 2 is 1.86 bits per heavy atom. The fraction of sp³-hybridized carbons (Fsp3) is 0.188. The van der Waals surface area contributed by atoms with Crippen molar-refractivity contribution in [3.05, 3.63) is 54.1 Å². The van der Waals surface area contributed by atoms with Crippen molar-refractivity contribution in [2.24, 2.45) is 0 Å². The number of nitrogens with zero attached hydrogens (tertiary/aromatic N) is 1. The molecule has 2 aromatic rings. The molecule has 2 aromatic carbocycles. The summed E-state index contributed by atoms with van der Waals surface area (Å²) in [7, 11) is -3.65. The second-order valence-electron chi connectivity index (χ2n) is 5.05. The normalized spacial score (nSPS) is 13.6. The zero-order valence-corrected chi connectivity index (χ0v) is 12.9. The van der Waals surface area contributed by atoms with Crippen LogP contribution >= 0.6 is 0 Å².